The van der Waals surface area contributed by atoms with E-state index in [0.29, 0.717) is 18.7 Å². The van der Waals surface area contributed by atoms with Gasteiger partial charge in [-0.2, -0.15) is 0 Å². The van der Waals surface area contributed by atoms with E-state index in [1.54, 1.807) is 12.0 Å². The maximum absolute atomic E-state index is 14.1. The van der Waals surface area contributed by atoms with Gasteiger partial charge in [-0.25, -0.2) is 0 Å². The summed E-state index contributed by atoms with van der Waals surface area (Å²) in [6.07, 6.45) is 8.18. The molecule has 3 aromatic carbocycles. The summed E-state index contributed by atoms with van der Waals surface area (Å²) in [5.74, 6) is 0.522. The summed E-state index contributed by atoms with van der Waals surface area (Å²) in [5.41, 5.74) is 3.84. The van der Waals surface area contributed by atoms with Gasteiger partial charge in [-0.05, 0) is 54.2 Å². The molecule has 0 aliphatic heterocycles. The van der Waals surface area contributed by atoms with E-state index in [-0.39, 0.29) is 24.3 Å². The topological polar surface area (TPSA) is 74.4 Å². The van der Waals surface area contributed by atoms with Crippen molar-refractivity contribution >= 4 is 22.7 Å². The van der Waals surface area contributed by atoms with Crippen molar-refractivity contribution in [2.45, 2.75) is 57.0 Å². The molecular weight excluding hydrogens is 486 g/mol. The van der Waals surface area contributed by atoms with Crippen LogP contribution >= 0.6 is 0 Å². The number of fused-ring (bicyclic) bond motifs is 1. The predicted molar refractivity (Wildman–Crippen MR) is 155 cm³/mol. The van der Waals surface area contributed by atoms with E-state index in [4.69, 9.17) is 4.74 Å². The molecule has 39 heavy (non-hydrogen) atoms. The highest BCUT2D eigenvalue weighted by Crippen LogP contribution is 2.28. The molecule has 2 amide bonds. The first-order chi connectivity index (χ1) is 19.1. The number of benzene rings is 3. The van der Waals surface area contributed by atoms with Crippen molar-refractivity contribution in [3.8, 4) is 5.75 Å². The van der Waals surface area contributed by atoms with Crippen LogP contribution in [0.25, 0.3) is 10.9 Å². The lowest BCUT2D eigenvalue weighted by atomic mass is 9.94. The third-order valence-corrected chi connectivity index (χ3v) is 7.76. The van der Waals surface area contributed by atoms with Crippen molar-refractivity contribution in [3.63, 3.8) is 0 Å². The Labute approximate surface area is 230 Å². The van der Waals surface area contributed by atoms with E-state index in [1.807, 2.05) is 72.9 Å². The lowest BCUT2D eigenvalue weighted by Crippen LogP contribution is -2.48. The van der Waals surface area contributed by atoms with Crippen LogP contribution in [0.4, 0.5) is 0 Å². The lowest BCUT2D eigenvalue weighted by molar-refractivity contribution is -0.140. The molecular formula is C33H37N3O3. The fourth-order valence-electron chi connectivity index (χ4n) is 5.62. The number of hydrogen-bond acceptors (Lipinski definition) is 3. The molecule has 1 atom stereocenters. The maximum Gasteiger partial charge on any atom is 0.247 e. The fraction of sp³-hybridized carbons (Fsp3) is 0.333. The maximum atomic E-state index is 14.1. The van der Waals surface area contributed by atoms with Crippen LogP contribution in [-0.4, -0.2) is 41.4 Å². The molecule has 0 bridgehead atoms. The Morgan fingerprint density at radius 2 is 1.67 bits per heavy atom. The van der Waals surface area contributed by atoms with Gasteiger partial charge >= 0.3 is 0 Å². The van der Waals surface area contributed by atoms with Gasteiger partial charge in [0.25, 0.3) is 0 Å². The van der Waals surface area contributed by atoms with Crippen LogP contribution in [0, 0.1) is 0 Å². The van der Waals surface area contributed by atoms with Crippen molar-refractivity contribution in [1.82, 2.24) is 15.2 Å². The Morgan fingerprint density at radius 3 is 2.41 bits per heavy atom. The third-order valence-electron chi connectivity index (χ3n) is 7.76. The molecule has 1 aromatic heterocycles. The van der Waals surface area contributed by atoms with Gasteiger partial charge in [0.1, 0.15) is 11.8 Å². The van der Waals surface area contributed by atoms with Crippen LogP contribution in [0.1, 0.15) is 54.8 Å². The van der Waals surface area contributed by atoms with Crippen LogP contribution in [-0.2, 0) is 22.4 Å². The number of aromatic amines is 1. The zero-order valence-electron chi connectivity index (χ0n) is 22.6. The summed E-state index contributed by atoms with van der Waals surface area (Å²) in [5, 5.41) is 4.33. The van der Waals surface area contributed by atoms with Gasteiger partial charge in [0.15, 0.2) is 0 Å². The highest BCUT2D eigenvalue weighted by Gasteiger charge is 2.33. The number of methoxy groups -OCH3 is 1. The quantitative estimate of drug-likeness (QED) is 0.269. The van der Waals surface area contributed by atoms with E-state index in [2.05, 4.69) is 22.4 Å². The standard InChI is InChI=1S/C33H37N3O3/c1-39-28-18-16-25(17-19-28)32(33(38)35-27-12-6-3-7-13-27)36(21-20-24-10-4-2-5-11-24)31(37)22-26-23-34-30-15-9-8-14-29(26)30/h2,4-5,8-11,14-19,23,27,32,34H,3,6-7,12-13,20-22H2,1H3,(H,35,38)/t32-/m1/s1. The van der Waals surface area contributed by atoms with E-state index >= 15 is 0 Å². The summed E-state index contributed by atoms with van der Waals surface area (Å²) >= 11 is 0. The SMILES string of the molecule is COc1ccc([C@H](C(=O)NC2CCCCC2)N(CCc2ccccc2)C(=O)Cc2c[nH]c3ccccc23)cc1. The summed E-state index contributed by atoms with van der Waals surface area (Å²) in [6.45, 7) is 0.431. The highest BCUT2D eigenvalue weighted by atomic mass is 16.5. The second kappa shape index (κ2) is 12.7. The summed E-state index contributed by atoms with van der Waals surface area (Å²) < 4.78 is 5.37. The normalized spacial score (nSPS) is 14.6. The first kappa shape index (κ1) is 26.5. The van der Waals surface area contributed by atoms with Crippen molar-refractivity contribution < 1.29 is 14.3 Å². The van der Waals surface area contributed by atoms with Crippen molar-refractivity contribution in [2.24, 2.45) is 0 Å². The Hall–Kier alpha value is -4.06. The van der Waals surface area contributed by atoms with Crippen LogP contribution in [0.3, 0.4) is 0 Å². The Kier molecular flexibility index (Phi) is 8.61. The monoisotopic (exact) mass is 523 g/mol. The number of nitrogens with one attached hydrogen (secondary N) is 2. The highest BCUT2D eigenvalue weighted by molar-refractivity contribution is 5.92. The van der Waals surface area contributed by atoms with E-state index in [9.17, 15) is 9.59 Å². The van der Waals surface area contributed by atoms with Gasteiger partial charge in [0.2, 0.25) is 11.8 Å². The molecule has 1 fully saturated rings. The summed E-state index contributed by atoms with van der Waals surface area (Å²) in [7, 11) is 1.62. The first-order valence-corrected chi connectivity index (χ1v) is 13.9. The molecule has 1 heterocycles. The van der Waals surface area contributed by atoms with Gasteiger partial charge in [-0.3, -0.25) is 9.59 Å². The first-order valence-electron chi connectivity index (χ1n) is 13.9. The molecule has 0 radical (unpaired) electrons. The summed E-state index contributed by atoms with van der Waals surface area (Å²) in [4.78, 5) is 33.2. The lowest BCUT2D eigenvalue weighted by Gasteiger charge is -2.33. The van der Waals surface area contributed by atoms with E-state index in [1.165, 1.54) is 6.42 Å². The number of rotatable bonds is 10. The Morgan fingerprint density at radius 1 is 0.949 bits per heavy atom. The molecule has 4 aromatic rings. The number of ether oxygens (including phenoxy) is 1. The van der Waals surface area contributed by atoms with Crippen LogP contribution in [0.5, 0.6) is 5.75 Å². The van der Waals surface area contributed by atoms with E-state index in [0.717, 1.165) is 53.3 Å². The van der Waals surface area contributed by atoms with Gasteiger partial charge in [0, 0.05) is 29.7 Å². The largest absolute Gasteiger partial charge is 0.497 e. The molecule has 5 rings (SSSR count). The molecule has 0 saturated heterocycles. The second-order valence-corrected chi connectivity index (χ2v) is 10.4. The minimum atomic E-state index is -0.737. The average Bonchev–Trinajstić information content (AvgIpc) is 3.39. The Balaban J connectivity index is 1.48. The smallest absolute Gasteiger partial charge is 0.247 e. The molecule has 0 spiro atoms. The third kappa shape index (κ3) is 6.51. The second-order valence-electron chi connectivity index (χ2n) is 10.4. The number of amides is 2. The van der Waals surface area contributed by atoms with E-state index < -0.39 is 6.04 Å². The number of para-hydroxylation sites is 1. The summed E-state index contributed by atoms with van der Waals surface area (Å²) in [6, 6.07) is 25.0. The molecule has 202 valence electrons. The number of carbonyl (C=O) groups is 2. The minimum absolute atomic E-state index is 0.0738. The molecule has 6 heteroatoms. The molecule has 1 saturated carbocycles. The van der Waals surface area contributed by atoms with Crippen LogP contribution in [0.2, 0.25) is 0 Å². The molecule has 2 N–H and O–H groups in total. The predicted octanol–water partition coefficient (Wildman–Crippen LogP) is 5.98. The average molecular weight is 524 g/mol. The van der Waals surface area contributed by atoms with Crippen molar-refractivity contribution in [1.29, 1.82) is 0 Å². The zero-order chi connectivity index (χ0) is 27.0. The molecule has 6 nitrogen and oxygen atoms in total. The number of H-pyrrole nitrogens is 1. The molecule has 1 aliphatic carbocycles. The van der Waals surface area contributed by atoms with Crippen LogP contribution < -0.4 is 10.1 Å². The number of aromatic nitrogens is 1. The number of nitrogens with zero attached hydrogens (tertiary/aromatic N) is 1. The molecule has 1 aliphatic rings. The van der Waals surface area contributed by atoms with Crippen molar-refractivity contribution in [2.75, 3.05) is 13.7 Å². The van der Waals surface area contributed by atoms with Gasteiger partial charge in [-0.1, -0.05) is 79.9 Å². The van der Waals surface area contributed by atoms with Crippen LogP contribution in [0.15, 0.2) is 85.1 Å². The number of hydrogen-bond donors (Lipinski definition) is 2. The van der Waals surface area contributed by atoms with Gasteiger partial charge < -0.3 is 19.9 Å². The van der Waals surface area contributed by atoms with Crippen molar-refractivity contribution in [3.05, 3.63) is 102 Å². The number of carbonyl (C=O) groups excluding carboxylic acids is 2. The fourth-order valence-corrected chi connectivity index (χ4v) is 5.62. The molecule has 0 unspecified atom stereocenters. The zero-order valence-corrected chi connectivity index (χ0v) is 22.6. The Bertz CT molecular complexity index is 1370. The minimum Gasteiger partial charge on any atom is -0.497 e. The van der Waals surface area contributed by atoms with Gasteiger partial charge in [0.05, 0.1) is 13.5 Å². The van der Waals surface area contributed by atoms with Gasteiger partial charge in [-0.15, -0.1) is 0 Å².